The number of aromatic nitrogens is 2. The van der Waals surface area contributed by atoms with Crippen LogP contribution in [0.4, 0.5) is 0 Å². The highest BCUT2D eigenvalue weighted by Crippen LogP contribution is 2.28. The topological polar surface area (TPSA) is 61.2 Å². The molecule has 6 heteroatoms. The molecular formula is C22H24N2O3S. The summed E-state index contributed by atoms with van der Waals surface area (Å²) in [4.78, 5) is 30.7. The van der Waals surface area contributed by atoms with Crippen LogP contribution in [0.5, 0.6) is 5.75 Å². The first kappa shape index (κ1) is 20.1. The van der Waals surface area contributed by atoms with Crippen molar-refractivity contribution in [3.05, 3.63) is 64.4 Å². The Hall–Kier alpha value is -2.60. The zero-order chi connectivity index (χ0) is 20.1. The minimum Gasteiger partial charge on any atom is -0.497 e. The fourth-order valence-corrected chi connectivity index (χ4v) is 4.17. The molecule has 1 atom stereocenters. The molecule has 146 valence electrons. The third kappa shape index (κ3) is 4.12. The van der Waals surface area contributed by atoms with Crippen LogP contribution in [0.15, 0.2) is 58.5 Å². The molecule has 0 bridgehead atoms. The molecule has 0 aliphatic heterocycles. The highest BCUT2D eigenvalue weighted by molar-refractivity contribution is 8.00. The number of hydrogen-bond donors (Lipinski definition) is 0. The van der Waals surface area contributed by atoms with E-state index in [1.54, 1.807) is 42.0 Å². The summed E-state index contributed by atoms with van der Waals surface area (Å²) in [6, 6.07) is 14.5. The number of hydrogen-bond acceptors (Lipinski definition) is 5. The largest absolute Gasteiger partial charge is 0.497 e. The monoisotopic (exact) mass is 396 g/mol. The van der Waals surface area contributed by atoms with Gasteiger partial charge in [-0.1, -0.05) is 37.7 Å². The third-order valence-corrected chi connectivity index (χ3v) is 5.91. The SMILES string of the molecule is CCCn1c(SC(CC)C(=O)c2ccc(OC)cc2)nc2ccccc2c1=O. The van der Waals surface area contributed by atoms with Gasteiger partial charge < -0.3 is 4.74 Å². The molecule has 0 saturated heterocycles. The van der Waals surface area contributed by atoms with E-state index in [1.165, 1.54) is 11.8 Å². The van der Waals surface area contributed by atoms with Gasteiger partial charge in [-0.2, -0.15) is 0 Å². The van der Waals surface area contributed by atoms with E-state index in [0.29, 0.717) is 40.3 Å². The van der Waals surface area contributed by atoms with Gasteiger partial charge in [-0.05, 0) is 49.2 Å². The van der Waals surface area contributed by atoms with Gasteiger partial charge in [0.2, 0.25) is 0 Å². The van der Waals surface area contributed by atoms with Crippen molar-refractivity contribution >= 4 is 28.4 Å². The highest BCUT2D eigenvalue weighted by Gasteiger charge is 2.23. The van der Waals surface area contributed by atoms with E-state index < -0.39 is 0 Å². The standard InChI is InChI=1S/C22H24N2O3S/c1-4-14-24-21(26)17-8-6-7-9-18(17)23-22(24)28-19(5-2)20(25)15-10-12-16(27-3)13-11-15/h6-13,19H,4-5,14H2,1-3H3. The van der Waals surface area contributed by atoms with Gasteiger partial charge in [0.05, 0.1) is 23.3 Å². The number of ketones is 1. The van der Waals surface area contributed by atoms with Gasteiger partial charge in [-0.3, -0.25) is 14.2 Å². The molecule has 3 aromatic rings. The summed E-state index contributed by atoms with van der Waals surface area (Å²) in [5, 5.41) is 0.888. The molecule has 0 aliphatic carbocycles. The summed E-state index contributed by atoms with van der Waals surface area (Å²) in [7, 11) is 1.60. The van der Waals surface area contributed by atoms with E-state index in [4.69, 9.17) is 9.72 Å². The number of carbonyl (C=O) groups is 1. The first-order chi connectivity index (χ1) is 13.6. The van der Waals surface area contributed by atoms with Crippen LogP contribution >= 0.6 is 11.8 Å². The summed E-state index contributed by atoms with van der Waals surface area (Å²) in [6.07, 6.45) is 1.46. The number of nitrogens with zero attached hydrogens (tertiary/aromatic N) is 2. The summed E-state index contributed by atoms with van der Waals surface area (Å²) in [5.41, 5.74) is 1.24. The lowest BCUT2D eigenvalue weighted by Crippen LogP contribution is -2.25. The maximum atomic E-state index is 13.0. The number of ether oxygens (including phenoxy) is 1. The number of benzene rings is 2. The van der Waals surface area contributed by atoms with Crippen LogP contribution in [0.2, 0.25) is 0 Å². The van der Waals surface area contributed by atoms with Gasteiger partial charge in [-0.25, -0.2) is 4.98 Å². The molecule has 3 rings (SSSR count). The Morgan fingerprint density at radius 3 is 2.50 bits per heavy atom. The third-order valence-electron chi connectivity index (χ3n) is 4.56. The Bertz CT molecular complexity index is 1030. The molecule has 1 unspecified atom stereocenters. The number of para-hydroxylation sites is 1. The molecule has 0 amide bonds. The van der Waals surface area contributed by atoms with E-state index in [2.05, 4.69) is 0 Å². The Labute approximate surface area is 168 Å². The molecule has 5 nitrogen and oxygen atoms in total. The van der Waals surface area contributed by atoms with E-state index in [9.17, 15) is 9.59 Å². The van der Waals surface area contributed by atoms with Crippen LogP contribution in [0, 0.1) is 0 Å². The lowest BCUT2D eigenvalue weighted by atomic mass is 10.1. The number of methoxy groups -OCH3 is 1. The zero-order valence-electron chi connectivity index (χ0n) is 16.3. The molecule has 2 aromatic carbocycles. The second-order valence-electron chi connectivity index (χ2n) is 6.48. The summed E-state index contributed by atoms with van der Waals surface area (Å²) in [6.45, 7) is 4.57. The molecule has 0 fully saturated rings. The molecule has 1 heterocycles. The maximum Gasteiger partial charge on any atom is 0.262 e. The van der Waals surface area contributed by atoms with Crippen molar-refractivity contribution in [3.63, 3.8) is 0 Å². The summed E-state index contributed by atoms with van der Waals surface area (Å²) >= 11 is 1.37. The predicted octanol–water partition coefficient (Wildman–Crippen LogP) is 4.57. The fourth-order valence-electron chi connectivity index (χ4n) is 3.05. The number of rotatable bonds is 8. The van der Waals surface area contributed by atoms with Gasteiger partial charge in [0, 0.05) is 12.1 Å². The van der Waals surface area contributed by atoms with E-state index in [1.807, 2.05) is 32.0 Å². The number of carbonyl (C=O) groups excluding carboxylic acids is 1. The number of fused-ring (bicyclic) bond motifs is 1. The molecular weight excluding hydrogens is 372 g/mol. The minimum absolute atomic E-state index is 0.0283. The van der Waals surface area contributed by atoms with Crippen LogP contribution in [0.25, 0.3) is 10.9 Å². The van der Waals surface area contributed by atoms with E-state index >= 15 is 0 Å². The van der Waals surface area contributed by atoms with Gasteiger partial charge in [0.25, 0.3) is 5.56 Å². The van der Waals surface area contributed by atoms with E-state index in [-0.39, 0.29) is 16.6 Å². The van der Waals surface area contributed by atoms with Gasteiger partial charge in [-0.15, -0.1) is 0 Å². The minimum atomic E-state index is -0.315. The van der Waals surface area contributed by atoms with Crippen molar-refractivity contribution in [2.45, 2.75) is 43.6 Å². The van der Waals surface area contributed by atoms with Crippen molar-refractivity contribution in [1.29, 1.82) is 0 Å². The fraction of sp³-hybridized carbons (Fsp3) is 0.318. The molecule has 0 spiro atoms. The summed E-state index contributed by atoms with van der Waals surface area (Å²) < 4.78 is 6.85. The molecule has 28 heavy (non-hydrogen) atoms. The van der Waals surface area contributed by atoms with Gasteiger partial charge in [0.15, 0.2) is 10.9 Å². The first-order valence-electron chi connectivity index (χ1n) is 9.43. The molecule has 0 radical (unpaired) electrons. The second kappa shape index (κ2) is 9.06. The first-order valence-corrected chi connectivity index (χ1v) is 10.3. The normalized spacial score (nSPS) is 12.1. The Kier molecular flexibility index (Phi) is 6.52. The summed E-state index contributed by atoms with van der Waals surface area (Å²) in [5.74, 6) is 0.742. The lowest BCUT2D eigenvalue weighted by Gasteiger charge is -2.17. The van der Waals surface area contributed by atoms with Crippen molar-refractivity contribution in [1.82, 2.24) is 9.55 Å². The smallest absolute Gasteiger partial charge is 0.262 e. The zero-order valence-corrected chi connectivity index (χ0v) is 17.2. The quantitative estimate of drug-likeness (QED) is 0.317. The average Bonchev–Trinajstić information content (AvgIpc) is 2.74. The van der Waals surface area contributed by atoms with Crippen molar-refractivity contribution < 1.29 is 9.53 Å². The Morgan fingerprint density at radius 1 is 1.14 bits per heavy atom. The molecule has 0 N–H and O–H groups in total. The molecule has 0 aliphatic rings. The molecule has 1 aromatic heterocycles. The number of Topliss-reactive ketones (excluding diaryl/α,β-unsaturated/α-hetero) is 1. The van der Waals surface area contributed by atoms with E-state index in [0.717, 1.165) is 6.42 Å². The van der Waals surface area contributed by atoms with Gasteiger partial charge >= 0.3 is 0 Å². The predicted molar refractivity (Wildman–Crippen MR) is 114 cm³/mol. The van der Waals surface area contributed by atoms with Gasteiger partial charge in [0.1, 0.15) is 5.75 Å². The van der Waals surface area contributed by atoms with Crippen LogP contribution in [0.1, 0.15) is 37.0 Å². The Balaban J connectivity index is 1.97. The van der Waals surface area contributed by atoms with Crippen LogP contribution in [-0.2, 0) is 6.54 Å². The molecule has 0 saturated carbocycles. The van der Waals surface area contributed by atoms with Crippen molar-refractivity contribution in [3.8, 4) is 5.75 Å². The second-order valence-corrected chi connectivity index (χ2v) is 7.65. The lowest BCUT2D eigenvalue weighted by molar-refractivity contribution is 0.0988. The van der Waals surface area contributed by atoms with Crippen LogP contribution < -0.4 is 10.3 Å². The highest BCUT2D eigenvalue weighted by atomic mass is 32.2. The van der Waals surface area contributed by atoms with Crippen LogP contribution in [-0.4, -0.2) is 27.7 Å². The Morgan fingerprint density at radius 2 is 1.86 bits per heavy atom. The van der Waals surface area contributed by atoms with Crippen molar-refractivity contribution in [2.75, 3.05) is 7.11 Å². The number of thioether (sulfide) groups is 1. The van der Waals surface area contributed by atoms with Crippen molar-refractivity contribution in [2.24, 2.45) is 0 Å². The van der Waals surface area contributed by atoms with Crippen LogP contribution in [0.3, 0.4) is 0 Å². The maximum absolute atomic E-state index is 13.0. The average molecular weight is 397 g/mol.